The third-order valence-electron chi connectivity index (χ3n) is 26.9. The molecule has 4 fully saturated rings. The largest absolute Gasteiger partial charge is 0.481 e. The van der Waals surface area contributed by atoms with Crippen LogP contribution in [0.1, 0.15) is 143 Å². The number of methoxy groups -OCH3 is 3. The van der Waals surface area contributed by atoms with Crippen LogP contribution >= 0.6 is 0 Å². The molecule has 0 radical (unpaired) electrons. The number of alkyl carbamates (subject to hydrolysis) is 1. The van der Waals surface area contributed by atoms with Crippen LogP contribution in [0.4, 0.5) is 29.6 Å². The van der Waals surface area contributed by atoms with Gasteiger partial charge in [-0.05, 0) is 149 Å². The summed E-state index contributed by atoms with van der Waals surface area (Å²) in [5.74, 6) is -8.78. The van der Waals surface area contributed by atoms with Gasteiger partial charge < -0.3 is 107 Å². The number of aliphatic hydroxyl groups is 3. The molecule has 0 spiro atoms. The number of hydrogen-bond acceptors (Lipinski definition) is 31. The first-order valence-corrected chi connectivity index (χ1v) is 49.3. The van der Waals surface area contributed by atoms with E-state index in [9.17, 15) is 53.7 Å². The number of halogens is 3. The Kier molecular flexibility index (Phi) is 43.9. The van der Waals surface area contributed by atoms with Crippen molar-refractivity contribution >= 4 is 74.8 Å². The summed E-state index contributed by atoms with van der Waals surface area (Å²) in [7, 11) is 6.17. The summed E-state index contributed by atoms with van der Waals surface area (Å²) in [4.78, 5) is 134. The lowest BCUT2D eigenvalue weighted by Gasteiger charge is -2.42. The average Bonchev–Trinajstić information content (AvgIpc) is 1.57. The zero-order valence-corrected chi connectivity index (χ0v) is 83.4. The summed E-state index contributed by atoms with van der Waals surface area (Å²) < 4.78 is 128. The molecule has 11 rings (SSSR count). The highest BCUT2D eigenvalue weighted by atomic mass is 19.4. The molecule has 142 heavy (non-hydrogen) atoms. The van der Waals surface area contributed by atoms with Gasteiger partial charge >= 0.3 is 23.9 Å². The molecular formula is C103H142F3N11O25. The molecule has 2 bridgehead atoms. The number of carbonyl (C=O) groups excluding carboxylic acids is 7. The number of piperidine rings is 1. The Morgan fingerprint density at radius 1 is 0.641 bits per heavy atom. The maximum atomic E-state index is 15.1. The minimum atomic E-state index is -4.75. The number of ether oxygens (including phenoxy) is 14. The van der Waals surface area contributed by atoms with E-state index in [0.717, 1.165) is 27.7 Å². The first kappa shape index (κ1) is 112. The highest BCUT2D eigenvalue weighted by Gasteiger charge is 2.54. The fraction of sp³-hybridized carbons (Fsp3) is 0.612. The van der Waals surface area contributed by atoms with Crippen LogP contribution < -0.4 is 30.9 Å². The monoisotopic (exact) mass is 1990 g/mol. The smallest absolute Gasteiger partial charge is 0.418 e. The van der Waals surface area contributed by atoms with Gasteiger partial charge in [0, 0.05) is 151 Å². The molecule has 0 unspecified atom stereocenters. The maximum absolute atomic E-state index is 15.1. The fourth-order valence-corrected chi connectivity index (χ4v) is 18.5. The van der Waals surface area contributed by atoms with Gasteiger partial charge in [-0.15, -0.1) is 0 Å². The van der Waals surface area contributed by atoms with Crippen LogP contribution in [0.15, 0.2) is 126 Å². The van der Waals surface area contributed by atoms with E-state index in [4.69, 9.17) is 66.3 Å². The van der Waals surface area contributed by atoms with Crippen LogP contribution in [0.5, 0.6) is 5.88 Å². The van der Waals surface area contributed by atoms with Crippen molar-refractivity contribution in [2.45, 2.75) is 199 Å². The van der Waals surface area contributed by atoms with Crippen LogP contribution in [-0.4, -0.2) is 311 Å². The number of piperazine rings is 1. The number of esters is 1. The van der Waals surface area contributed by atoms with Crippen LogP contribution in [0.25, 0.3) is 38.8 Å². The third kappa shape index (κ3) is 31.8. The summed E-state index contributed by atoms with van der Waals surface area (Å²) in [6.45, 7) is 18.9. The van der Waals surface area contributed by atoms with Crippen molar-refractivity contribution in [3.05, 3.63) is 143 Å². The second-order valence-electron chi connectivity index (χ2n) is 37.2. The predicted molar refractivity (Wildman–Crippen MR) is 521 cm³/mol. The number of anilines is 2. The molecule has 3 amide bonds. The number of aryl methyl sites for hydroxylation is 1. The van der Waals surface area contributed by atoms with Gasteiger partial charge in [-0.25, -0.2) is 29.3 Å². The predicted octanol–water partition coefficient (Wildman–Crippen LogP) is 10.5. The molecular weight excluding hydrogens is 1850 g/mol. The number of ketones is 3. The molecule has 3 saturated heterocycles. The summed E-state index contributed by atoms with van der Waals surface area (Å²) in [6.07, 6.45) is 9.54. The minimum absolute atomic E-state index is 0.0113. The van der Waals surface area contributed by atoms with Crippen LogP contribution in [0.2, 0.25) is 0 Å². The Balaban J connectivity index is 0.498. The number of cyclic esters (lactones) is 1. The van der Waals surface area contributed by atoms with Gasteiger partial charge in [0.2, 0.25) is 23.5 Å². The van der Waals surface area contributed by atoms with Crippen LogP contribution in [0, 0.1) is 35.5 Å². The number of imidazole rings is 1. The number of alkyl halides is 3. The standard InChI is InChI=1S/C103H142F3N11O25/c1-66-17-13-12-14-18-67(2)87(129-9)59-78-25-20-72(7)102(128,142-78)96(123)97(124)116-32-16-15-19-83(116)98(125)140-88(60-85(118)68(3)54-71(6)94(121)95(122)93(120)70(5)53-66)69(4)55-73-21-28-86(89(56-73)130-10)141-100(126)107-31-38-133-40-42-135-44-46-137-48-50-139-52-51-138-49-47-136-45-43-134-41-39-132-37-30-90(119)109-61-74-62-111-99(112-63-74)115-35-33-114(34-36-115)82-27-24-77(58-80(82)103(104,105)106)117-92-79-57-75(76-23-29-91(131-11)110-64-76)22-26-81(79)108-65-84(92)113(8)101(117)127/h12-14,17-18,22-24,26-27,29,54,57-58,62-66,68-70,72-73,78,83,86-89,94-95,121-122,128H,15-16,19-21,25,28,30-53,55-56,59-61H2,1-11H3,(H,107,126)(H,109,119)/b14-12+,17-13+,67-18+,71-54+/t66-,68-,69-,70-,72-,73+,78+,83+,86-,87+,88+,89-,94-,95+,102-/m1/s1. The Bertz CT molecular complexity index is 5280. The number of amides is 3. The molecule has 8 heterocycles. The number of fused-ring (bicyclic) bond motifs is 6. The number of aliphatic hydroxyl groups excluding tert-OH is 2. The molecule has 15 atom stereocenters. The van der Waals surface area contributed by atoms with Gasteiger partial charge in [-0.1, -0.05) is 77.1 Å². The molecule has 4 aromatic heterocycles. The first-order valence-electron chi connectivity index (χ1n) is 49.3. The molecule has 36 nitrogen and oxygen atoms in total. The van der Waals surface area contributed by atoms with Gasteiger partial charge in [0.05, 0.1) is 165 Å². The Labute approximate surface area is 827 Å². The number of Topliss-reactive ketones (excluding diaryl/α,β-unsaturated/α-hetero) is 3. The number of rotatable bonds is 40. The summed E-state index contributed by atoms with van der Waals surface area (Å²) in [6, 6.07) is 11.8. The quantitative estimate of drug-likeness (QED) is 0.0103. The van der Waals surface area contributed by atoms with E-state index >= 15 is 13.2 Å². The van der Waals surface area contributed by atoms with Crippen molar-refractivity contribution in [2.24, 2.45) is 42.6 Å². The van der Waals surface area contributed by atoms with Crippen LogP contribution in [-0.2, 0) is 110 Å². The molecule has 6 aromatic rings. The SMILES string of the molecule is COc1ccc(-c2ccc3ncc4c(c3c2)n(-c2ccc(N3CCN(c5ncc(CNC(=O)CCOCCOCCOCCOCCOCCOCCOCCOCCNC(=O)O[C@@H]6CC[C@@H](C[C@@H](C)[C@@H]7CC(=O)[C@H](C)/C=C(\C)[C@@H](O)[C@@H](O)C(=O)[C@H](C)C[C@H](C)/C=C/C=C/C=C(\C)[C@@H](OC)C[C@@H]8CC[C@@H](C)[C@@](O)(O8)C(=O)C(=O)N8CCCC[C@H]8C(=O)O7)C[C@H]6OC)cn5)CC3)c(C(F)(F)F)c2)c(=O)n4C)cn1. The summed E-state index contributed by atoms with van der Waals surface area (Å²) >= 11 is 0. The number of carbonyl (C=O) groups is 7. The van der Waals surface area contributed by atoms with Crippen molar-refractivity contribution < 1.29 is 128 Å². The maximum Gasteiger partial charge on any atom is 0.418 e. The number of nitrogens with one attached hydrogen (secondary N) is 2. The topological polar surface area (TPSA) is 422 Å². The molecule has 1 saturated carbocycles. The molecule has 4 aliphatic heterocycles. The minimum Gasteiger partial charge on any atom is -0.481 e. The summed E-state index contributed by atoms with van der Waals surface area (Å²) in [5, 5.41) is 40.8. The van der Waals surface area contributed by atoms with Crippen molar-refractivity contribution in [3.8, 4) is 22.7 Å². The van der Waals surface area contributed by atoms with E-state index in [-0.39, 0.29) is 125 Å². The zero-order chi connectivity index (χ0) is 102. The highest BCUT2D eigenvalue weighted by molar-refractivity contribution is 6.39. The van der Waals surface area contributed by atoms with E-state index in [1.165, 1.54) is 48.5 Å². The average molecular weight is 1990 g/mol. The molecule has 780 valence electrons. The zero-order valence-electron chi connectivity index (χ0n) is 83.4. The Hall–Kier alpha value is -10.4. The lowest BCUT2D eigenvalue weighted by molar-refractivity contribution is -0.265. The van der Waals surface area contributed by atoms with E-state index < -0.39 is 125 Å². The van der Waals surface area contributed by atoms with Crippen molar-refractivity contribution in [1.29, 1.82) is 0 Å². The van der Waals surface area contributed by atoms with Gasteiger partial charge in [-0.2, -0.15) is 13.2 Å². The number of nitrogens with zero attached hydrogens (tertiary/aromatic N) is 9. The van der Waals surface area contributed by atoms with Crippen LogP contribution in [0.3, 0.4) is 0 Å². The molecule has 2 aromatic carbocycles. The normalized spacial score (nSPS) is 25.6. The van der Waals surface area contributed by atoms with E-state index in [1.54, 1.807) is 76.7 Å². The molecule has 1 aliphatic carbocycles. The lowest BCUT2D eigenvalue weighted by atomic mass is 9.78. The molecule has 5 aliphatic rings. The van der Waals surface area contributed by atoms with Crippen molar-refractivity contribution in [1.82, 2.24) is 44.6 Å². The fourth-order valence-electron chi connectivity index (χ4n) is 18.5. The van der Waals surface area contributed by atoms with E-state index in [1.807, 2.05) is 74.3 Å². The second-order valence-corrected chi connectivity index (χ2v) is 37.2. The summed E-state index contributed by atoms with van der Waals surface area (Å²) in [5.41, 5.74) is 3.30. The second kappa shape index (κ2) is 55.6. The van der Waals surface area contributed by atoms with Crippen molar-refractivity contribution in [3.63, 3.8) is 0 Å². The van der Waals surface area contributed by atoms with Gasteiger partial charge in [-0.3, -0.25) is 38.1 Å². The third-order valence-corrected chi connectivity index (χ3v) is 26.9. The number of allylic oxidation sites excluding steroid dienone is 6. The molecule has 39 heteroatoms. The van der Waals surface area contributed by atoms with Gasteiger partial charge in [0.1, 0.15) is 36.2 Å². The van der Waals surface area contributed by atoms with Crippen molar-refractivity contribution in [2.75, 3.05) is 176 Å². The van der Waals surface area contributed by atoms with Gasteiger partial charge in [0.15, 0.2) is 5.78 Å². The van der Waals surface area contributed by atoms with E-state index in [2.05, 4.69) is 30.6 Å². The van der Waals surface area contributed by atoms with Gasteiger partial charge in [0.25, 0.3) is 11.7 Å². The first-order chi connectivity index (χ1) is 68.3. The number of benzene rings is 2. The Morgan fingerprint density at radius 3 is 1.91 bits per heavy atom. The number of hydrogen-bond donors (Lipinski definition) is 5. The highest BCUT2D eigenvalue weighted by Crippen LogP contribution is 2.42. The molecule has 5 N–H and O–H groups in total. The number of pyridine rings is 2. The lowest BCUT2D eigenvalue weighted by Crippen LogP contribution is -2.61. The number of aromatic nitrogens is 6. The van der Waals surface area contributed by atoms with E-state index in [0.29, 0.717) is 189 Å². The Morgan fingerprint density at radius 2 is 1.28 bits per heavy atom.